The van der Waals surface area contributed by atoms with E-state index in [0.717, 1.165) is 33.3 Å². The Labute approximate surface area is 175 Å². The highest BCUT2D eigenvalue weighted by Gasteiger charge is 2.35. The average Bonchev–Trinajstić information content (AvgIpc) is 3.43. The summed E-state index contributed by atoms with van der Waals surface area (Å²) in [5.41, 5.74) is 5.40. The van der Waals surface area contributed by atoms with E-state index in [9.17, 15) is 0 Å². The number of nitrogens with one attached hydrogen (secondary N) is 2. The van der Waals surface area contributed by atoms with Crippen LogP contribution >= 0.6 is 0 Å². The van der Waals surface area contributed by atoms with Crippen molar-refractivity contribution < 1.29 is 9.47 Å². The van der Waals surface area contributed by atoms with Crippen molar-refractivity contribution in [3.05, 3.63) is 95.8 Å². The number of hydrogen-bond acceptors (Lipinski definition) is 2. The van der Waals surface area contributed by atoms with E-state index in [2.05, 4.69) is 83.9 Å². The van der Waals surface area contributed by atoms with E-state index >= 15 is 0 Å². The number of benzene rings is 3. The van der Waals surface area contributed by atoms with Gasteiger partial charge in [-0.2, -0.15) is 0 Å². The molecule has 0 spiro atoms. The standard InChI is InChI=1S/C26H24N2O2/c1-26(17-7-5-4-6-8-17,22-15-27-24-11-9-18(29-2)13-20(22)24)23-16-28-25-12-10-19(30-3)14-21(23)25/h4-16,27-28H,1-3H3. The fraction of sp³-hybridized carbons (Fsp3) is 0.154. The maximum atomic E-state index is 5.52. The van der Waals surface area contributed by atoms with E-state index in [1.54, 1.807) is 14.2 Å². The van der Waals surface area contributed by atoms with Crippen LogP contribution in [-0.4, -0.2) is 24.2 Å². The van der Waals surface area contributed by atoms with Gasteiger partial charge in [0.15, 0.2) is 0 Å². The summed E-state index contributed by atoms with van der Waals surface area (Å²) in [4.78, 5) is 6.91. The summed E-state index contributed by atoms with van der Waals surface area (Å²) in [5.74, 6) is 1.69. The third kappa shape index (κ3) is 2.68. The quantitative estimate of drug-likeness (QED) is 0.382. The molecule has 0 amide bonds. The molecule has 0 bridgehead atoms. The first-order valence-electron chi connectivity index (χ1n) is 10.0. The Balaban J connectivity index is 1.85. The van der Waals surface area contributed by atoms with Crippen LogP contribution in [0.3, 0.4) is 0 Å². The second-order valence-corrected chi connectivity index (χ2v) is 7.72. The van der Waals surface area contributed by atoms with Gasteiger partial charge in [0.05, 0.1) is 14.2 Å². The van der Waals surface area contributed by atoms with Crippen molar-refractivity contribution in [1.82, 2.24) is 9.97 Å². The topological polar surface area (TPSA) is 50.0 Å². The Hall–Kier alpha value is -3.66. The van der Waals surface area contributed by atoms with Crippen LogP contribution in [0.1, 0.15) is 23.6 Å². The molecule has 0 aliphatic rings. The van der Waals surface area contributed by atoms with Crippen molar-refractivity contribution in [2.24, 2.45) is 0 Å². The highest BCUT2D eigenvalue weighted by Crippen LogP contribution is 2.45. The molecule has 30 heavy (non-hydrogen) atoms. The molecule has 3 aromatic carbocycles. The van der Waals surface area contributed by atoms with Gasteiger partial charge in [-0.25, -0.2) is 0 Å². The van der Waals surface area contributed by atoms with Crippen molar-refractivity contribution in [3.63, 3.8) is 0 Å². The second-order valence-electron chi connectivity index (χ2n) is 7.72. The number of methoxy groups -OCH3 is 2. The summed E-state index contributed by atoms with van der Waals surface area (Å²) >= 11 is 0. The molecule has 0 unspecified atom stereocenters. The number of rotatable bonds is 5. The van der Waals surface area contributed by atoms with Crippen molar-refractivity contribution in [2.75, 3.05) is 14.2 Å². The molecule has 4 nitrogen and oxygen atoms in total. The number of fused-ring (bicyclic) bond motifs is 2. The lowest BCUT2D eigenvalue weighted by Crippen LogP contribution is -2.24. The SMILES string of the molecule is COc1ccc2[nH]cc(C(C)(c3ccccc3)c3c[nH]c4ccc(OC)cc34)c2c1. The van der Waals surface area contributed by atoms with E-state index in [0.29, 0.717) is 0 Å². The van der Waals surface area contributed by atoms with E-state index in [1.165, 1.54) is 16.7 Å². The third-order valence-corrected chi connectivity index (χ3v) is 6.21. The van der Waals surface area contributed by atoms with E-state index in [1.807, 2.05) is 12.1 Å². The predicted molar refractivity (Wildman–Crippen MR) is 122 cm³/mol. The highest BCUT2D eigenvalue weighted by atomic mass is 16.5. The lowest BCUT2D eigenvalue weighted by atomic mass is 9.71. The molecule has 0 atom stereocenters. The highest BCUT2D eigenvalue weighted by molar-refractivity contribution is 5.91. The van der Waals surface area contributed by atoms with Crippen molar-refractivity contribution in [2.45, 2.75) is 12.3 Å². The molecule has 0 aliphatic heterocycles. The van der Waals surface area contributed by atoms with Crippen LogP contribution in [0.25, 0.3) is 21.8 Å². The van der Waals surface area contributed by atoms with Gasteiger partial charge in [-0.3, -0.25) is 0 Å². The summed E-state index contributed by atoms with van der Waals surface area (Å²) in [6.45, 7) is 2.28. The molecule has 2 heterocycles. The molecule has 0 saturated carbocycles. The van der Waals surface area contributed by atoms with Crippen LogP contribution in [0.4, 0.5) is 0 Å². The number of ether oxygens (including phenoxy) is 2. The monoisotopic (exact) mass is 396 g/mol. The largest absolute Gasteiger partial charge is 0.497 e. The van der Waals surface area contributed by atoms with Gasteiger partial charge in [0.1, 0.15) is 11.5 Å². The average molecular weight is 396 g/mol. The van der Waals surface area contributed by atoms with Crippen LogP contribution in [0.5, 0.6) is 11.5 Å². The minimum Gasteiger partial charge on any atom is -0.497 e. The molecule has 0 saturated heterocycles. The van der Waals surface area contributed by atoms with Gasteiger partial charge in [-0.05, 0) is 60.0 Å². The van der Waals surface area contributed by atoms with Crippen LogP contribution in [0, 0.1) is 0 Å². The Bertz CT molecular complexity index is 1250. The molecule has 2 aromatic heterocycles. The van der Waals surface area contributed by atoms with Gasteiger partial charge < -0.3 is 19.4 Å². The normalized spacial score (nSPS) is 11.8. The summed E-state index contributed by atoms with van der Waals surface area (Å²) in [6, 6.07) is 23.0. The van der Waals surface area contributed by atoms with Gasteiger partial charge in [-0.15, -0.1) is 0 Å². The van der Waals surface area contributed by atoms with Gasteiger partial charge in [0.25, 0.3) is 0 Å². The predicted octanol–water partition coefficient (Wildman–Crippen LogP) is 6.02. The molecule has 5 rings (SSSR count). The Morgan fingerprint density at radius 3 is 1.63 bits per heavy atom. The zero-order chi connectivity index (χ0) is 20.7. The number of aromatic amines is 2. The van der Waals surface area contributed by atoms with Crippen LogP contribution < -0.4 is 9.47 Å². The molecule has 5 aromatic rings. The van der Waals surface area contributed by atoms with Crippen molar-refractivity contribution in [1.29, 1.82) is 0 Å². The van der Waals surface area contributed by atoms with Gasteiger partial charge in [0, 0.05) is 39.6 Å². The van der Waals surface area contributed by atoms with Gasteiger partial charge >= 0.3 is 0 Å². The van der Waals surface area contributed by atoms with Gasteiger partial charge in [-0.1, -0.05) is 30.3 Å². The first-order valence-corrected chi connectivity index (χ1v) is 10.0. The lowest BCUT2D eigenvalue weighted by Gasteiger charge is -2.30. The number of hydrogen-bond donors (Lipinski definition) is 2. The van der Waals surface area contributed by atoms with Crippen molar-refractivity contribution in [3.8, 4) is 11.5 Å². The van der Waals surface area contributed by atoms with Crippen LogP contribution in [-0.2, 0) is 5.41 Å². The zero-order valence-corrected chi connectivity index (χ0v) is 17.3. The molecule has 4 heteroatoms. The number of aromatic nitrogens is 2. The minimum atomic E-state index is -0.392. The Morgan fingerprint density at radius 1 is 0.667 bits per heavy atom. The Morgan fingerprint density at radius 2 is 1.17 bits per heavy atom. The van der Waals surface area contributed by atoms with E-state index < -0.39 is 5.41 Å². The van der Waals surface area contributed by atoms with E-state index in [4.69, 9.17) is 9.47 Å². The lowest BCUT2D eigenvalue weighted by molar-refractivity contribution is 0.415. The van der Waals surface area contributed by atoms with Gasteiger partial charge in [0.2, 0.25) is 0 Å². The minimum absolute atomic E-state index is 0.392. The molecular formula is C26H24N2O2. The van der Waals surface area contributed by atoms with E-state index in [-0.39, 0.29) is 0 Å². The first kappa shape index (κ1) is 18.4. The Kier molecular flexibility index (Phi) is 4.28. The molecule has 150 valence electrons. The molecule has 0 aliphatic carbocycles. The maximum Gasteiger partial charge on any atom is 0.119 e. The van der Waals surface area contributed by atoms with Crippen molar-refractivity contribution >= 4 is 21.8 Å². The molecule has 0 radical (unpaired) electrons. The second kappa shape index (κ2) is 6.99. The van der Waals surface area contributed by atoms with Crippen LogP contribution in [0.2, 0.25) is 0 Å². The fourth-order valence-electron chi connectivity index (χ4n) is 4.51. The summed E-state index contributed by atoms with van der Waals surface area (Å²) < 4.78 is 11.0. The maximum absolute atomic E-state index is 5.52. The smallest absolute Gasteiger partial charge is 0.119 e. The number of H-pyrrole nitrogens is 2. The fourth-order valence-corrected chi connectivity index (χ4v) is 4.51. The summed E-state index contributed by atoms with van der Waals surface area (Å²) in [5, 5.41) is 2.30. The summed E-state index contributed by atoms with van der Waals surface area (Å²) in [7, 11) is 3.41. The van der Waals surface area contributed by atoms with Crippen LogP contribution in [0.15, 0.2) is 79.1 Å². The first-order chi connectivity index (χ1) is 14.6. The zero-order valence-electron chi connectivity index (χ0n) is 17.3. The molecular weight excluding hydrogens is 372 g/mol. The molecule has 0 fully saturated rings. The summed E-state index contributed by atoms with van der Waals surface area (Å²) in [6.07, 6.45) is 4.24. The molecule has 2 N–H and O–H groups in total. The third-order valence-electron chi connectivity index (χ3n) is 6.21.